The van der Waals surface area contributed by atoms with E-state index in [9.17, 15) is 9.18 Å². The van der Waals surface area contributed by atoms with E-state index in [-0.39, 0.29) is 24.2 Å². The maximum Gasteiger partial charge on any atom is 0.306 e. The standard InChI is InChI=1S/C22H23FN6O3/c1-27-21(30)19-12-25-29(17-3-2-10-31-14-17)20(19)26-22(27)32-18-6-4-15(5-7-18)16-11-24-28(13-16)9-8-23/h4-7,11-13,17H,2-3,8-10,14H2,1H3/t17-/m1/s1. The number of fused-ring (bicyclic) bond motifs is 1. The number of benzene rings is 1. The molecule has 4 aromatic rings. The Kier molecular flexibility index (Phi) is 5.44. The van der Waals surface area contributed by atoms with Gasteiger partial charge < -0.3 is 9.47 Å². The molecule has 0 aliphatic carbocycles. The number of alkyl halides is 1. The zero-order chi connectivity index (χ0) is 22.1. The Balaban J connectivity index is 1.43. The highest BCUT2D eigenvalue weighted by Crippen LogP contribution is 2.26. The molecular formula is C22H23FN6O3. The Hall–Kier alpha value is -3.53. The summed E-state index contributed by atoms with van der Waals surface area (Å²) in [5.74, 6) is 0.541. The third kappa shape index (κ3) is 3.77. The Morgan fingerprint density at radius 3 is 2.78 bits per heavy atom. The van der Waals surface area contributed by atoms with E-state index in [0.717, 1.165) is 30.6 Å². The summed E-state index contributed by atoms with van der Waals surface area (Å²) in [6, 6.07) is 7.59. The van der Waals surface area contributed by atoms with Crippen molar-refractivity contribution in [1.82, 2.24) is 29.1 Å². The maximum absolute atomic E-state index is 12.9. The van der Waals surface area contributed by atoms with E-state index in [1.165, 1.54) is 4.57 Å². The van der Waals surface area contributed by atoms with Crippen LogP contribution >= 0.6 is 0 Å². The van der Waals surface area contributed by atoms with Gasteiger partial charge in [0.1, 0.15) is 17.8 Å². The van der Waals surface area contributed by atoms with Crippen LogP contribution < -0.4 is 10.3 Å². The molecule has 0 unspecified atom stereocenters. The minimum Gasteiger partial charge on any atom is -0.425 e. The van der Waals surface area contributed by atoms with E-state index in [1.54, 1.807) is 47.1 Å². The smallest absolute Gasteiger partial charge is 0.306 e. The van der Waals surface area contributed by atoms with Crippen LogP contribution in [0.1, 0.15) is 18.9 Å². The van der Waals surface area contributed by atoms with Crippen molar-refractivity contribution in [2.75, 3.05) is 19.9 Å². The zero-order valence-corrected chi connectivity index (χ0v) is 17.6. The molecule has 1 atom stereocenters. The van der Waals surface area contributed by atoms with Gasteiger partial charge in [-0.2, -0.15) is 15.2 Å². The van der Waals surface area contributed by atoms with Crippen LogP contribution in [0.3, 0.4) is 0 Å². The van der Waals surface area contributed by atoms with Gasteiger partial charge in [0, 0.05) is 25.4 Å². The summed E-state index contributed by atoms with van der Waals surface area (Å²) in [7, 11) is 1.62. The van der Waals surface area contributed by atoms with Crippen LogP contribution in [0, 0.1) is 0 Å². The van der Waals surface area contributed by atoms with E-state index >= 15 is 0 Å². The summed E-state index contributed by atoms with van der Waals surface area (Å²) >= 11 is 0. The van der Waals surface area contributed by atoms with Crippen LogP contribution in [0.5, 0.6) is 11.8 Å². The Labute approximate surface area is 183 Å². The topological polar surface area (TPSA) is 89.0 Å². The molecule has 1 aromatic carbocycles. The number of hydrogen-bond donors (Lipinski definition) is 0. The van der Waals surface area contributed by atoms with Gasteiger partial charge in [-0.05, 0) is 30.5 Å². The summed E-state index contributed by atoms with van der Waals surface area (Å²) in [4.78, 5) is 17.5. The molecule has 32 heavy (non-hydrogen) atoms. The first-order valence-electron chi connectivity index (χ1n) is 10.5. The largest absolute Gasteiger partial charge is 0.425 e. The molecular weight excluding hydrogens is 415 g/mol. The van der Waals surface area contributed by atoms with Crippen LogP contribution in [0.2, 0.25) is 0 Å². The van der Waals surface area contributed by atoms with Crippen molar-refractivity contribution in [3.63, 3.8) is 0 Å². The summed E-state index contributed by atoms with van der Waals surface area (Å²) in [6.07, 6.45) is 6.92. The van der Waals surface area contributed by atoms with E-state index in [0.29, 0.717) is 23.4 Å². The fraction of sp³-hybridized carbons (Fsp3) is 0.364. The summed E-state index contributed by atoms with van der Waals surface area (Å²) in [5, 5.41) is 9.00. The van der Waals surface area contributed by atoms with Crippen molar-refractivity contribution in [1.29, 1.82) is 0 Å². The Bertz CT molecular complexity index is 1290. The SMILES string of the molecule is Cn1c(Oc2ccc(-c3cnn(CCF)c3)cc2)nc2c(cnn2[C@@H]2CCCOC2)c1=O. The van der Waals surface area contributed by atoms with Gasteiger partial charge in [-0.3, -0.25) is 14.0 Å². The first-order chi connectivity index (χ1) is 15.6. The highest BCUT2D eigenvalue weighted by atomic mass is 19.1. The number of halogens is 1. The number of hydrogen-bond acceptors (Lipinski definition) is 6. The molecule has 5 rings (SSSR count). The quantitative estimate of drug-likeness (QED) is 0.460. The molecule has 3 aromatic heterocycles. The number of ether oxygens (including phenoxy) is 2. The molecule has 0 bridgehead atoms. The third-order valence-electron chi connectivity index (χ3n) is 5.62. The number of aromatic nitrogens is 6. The second kappa shape index (κ2) is 8.54. The van der Waals surface area contributed by atoms with Gasteiger partial charge in [0.15, 0.2) is 5.65 Å². The van der Waals surface area contributed by atoms with Crippen molar-refractivity contribution in [3.8, 4) is 22.9 Å². The molecule has 0 N–H and O–H groups in total. The monoisotopic (exact) mass is 438 g/mol. The van der Waals surface area contributed by atoms with Gasteiger partial charge in [-0.25, -0.2) is 9.07 Å². The minimum absolute atomic E-state index is 0.0475. The summed E-state index contributed by atoms with van der Waals surface area (Å²) in [6.45, 7) is 1.06. The van der Waals surface area contributed by atoms with Gasteiger partial charge in [0.2, 0.25) is 0 Å². The van der Waals surface area contributed by atoms with Gasteiger partial charge in [0.05, 0.1) is 31.6 Å². The lowest BCUT2D eigenvalue weighted by atomic mass is 10.1. The zero-order valence-electron chi connectivity index (χ0n) is 17.6. The highest BCUT2D eigenvalue weighted by molar-refractivity contribution is 5.74. The van der Waals surface area contributed by atoms with Crippen molar-refractivity contribution in [2.24, 2.45) is 7.05 Å². The Morgan fingerprint density at radius 1 is 1.19 bits per heavy atom. The summed E-state index contributed by atoms with van der Waals surface area (Å²) in [5.41, 5.74) is 2.09. The molecule has 1 fully saturated rings. The van der Waals surface area contributed by atoms with Crippen LogP contribution in [0.15, 0.2) is 47.7 Å². The van der Waals surface area contributed by atoms with Gasteiger partial charge >= 0.3 is 6.01 Å². The molecule has 0 spiro atoms. The van der Waals surface area contributed by atoms with E-state index in [1.807, 2.05) is 12.1 Å². The van der Waals surface area contributed by atoms with E-state index < -0.39 is 6.67 Å². The number of aryl methyl sites for hydroxylation is 1. The number of nitrogens with zero attached hydrogens (tertiary/aromatic N) is 6. The lowest BCUT2D eigenvalue weighted by Crippen LogP contribution is -2.24. The average Bonchev–Trinajstić information content (AvgIpc) is 3.46. The predicted molar refractivity (Wildman–Crippen MR) is 116 cm³/mol. The lowest BCUT2D eigenvalue weighted by molar-refractivity contribution is 0.0562. The van der Waals surface area contributed by atoms with Gasteiger partial charge in [-0.1, -0.05) is 12.1 Å². The summed E-state index contributed by atoms with van der Waals surface area (Å²) < 4.78 is 28.7. The maximum atomic E-state index is 12.9. The molecule has 0 saturated carbocycles. The van der Waals surface area contributed by atoms with Crippen molar-refractivity contribution < 1.29 is 13.9 Å². The molecule has 4 heterocycles. The van der Waals surface area contributed by atoms with Crippen molar-refractivity contribution in [2.45, 2.75) is 25.4 Å². The highest BCUT2D eigenvalue weighted by Gasteiger charge is 2.22. The van der Waals surface area contributed by atoms with Gasteiger partial charge in [-0.15, -0.1) is 0 Å². The van der Waals surface area contributed by atoms with E-state index in [4.69, 9.17) is 9.47 Å². The predicted octanol–water partition coefficient (Wildman–Crippen LogP) is 3.11. The molecule has 0 amide bonds. The molecule has 1 saturated heterocycles. The molecule has 9 nitrogen and oxygen atoms in total. The fourth-order valence-corrected chi connectivity index (χ4v) is 3.87. The van der Waals surface area contributed by atoms with Gasteiger partial charge in [0.25, 0.3) is 5.56 Å². The van der Waals surface area contributed by atoms with Crippen LogP contribution in [-0.4, -0.2) is 49.0 Å². The molecule has 1 aliphatic heterocycles. The van der Waals surface area contributed by atoms with Crippen LogP contribution in [0.25, 0.3) is 22.2 Å². The molecule has 166 valence electrons. The first-order valence-corrected chi connectivity index (χ1v) is 10.5. The first kappa shape index (κ1) is 20.4. The molecule has 0 radical (unpaired) electrons. The second-order valence-electron chi connectivity index (χ2n) is 7.76. The van der Waals surface area contributed by atoms with Crippen molar-refractivity contribution in [3.05, 3.63) is 53.2 Å². The average molecular weight is 438 g/mol. The van der Waals surface area contributed by atoms with Crippen LogP contribution in [-0.2, 0) is 18.3 Å². The normalized spacial score (nSPS) is 16.5. The second-order valence-corrected chi connectivity index (χ2v) is 7.76. The molecule has 1 aliphatic rings. The van der Waals surface area contributed by atoms with E-state index in [2.05, 4.69) is 15.2 Å². The lowest BCUT2D eigenvalue weighted by Gasteiger charge is -2.22. The van der Waals surface area contributed by atoms with Crippen molar-refractivity contribution >= 4 is 11.0 Å². The Morgan fingerprint density at radius 2 is 2.03 bits per heavy atom. The third-order valence-corrected chi connectivity index (χ3v) is 5.62. The molecule has 10 heteroatoms. The van der Waals surface area contributed by atoms with Crippen LogP contribution in [0.4, 0.5) is 4.39 Å². The minimum atomic E-state index is -0.462. The number of rotatable bonds is 6. The fourth-order valence-electron chi connectivity index (χ4n) is 3.87.